The van der Waals surface area contributed by atoms with Crippen molar-refractivity contribution in [2.45, 2.75) is 19.8 Å². The van der Waals surface area contributed by atoms with E-state index in [1.54, 1.807) is 0 Å². The Hall–Kier alpha value is -0.510. The van der Waals surface area contributed by atoms with Crippen LogP contribution in [-0.4, -0.2) is 10.2 Å². The van der Waals surface area contributed by atoms with Gasteiger partial charge in [-0.05, 0) is 21.8 Å². The molecule has 3 nitrogen and oxygen atoms in total. The van der Waals surface area contributed by atoms with Crippen molar-refractivity contribution in [3.05, 3.63) is 10.2 Å². The summed E-state index contributed by atoms with van der Waals surface area (Å²) in [5.74, 6) is 0.961. The lowest BCUT2D eigenvalue weighted by molar-refractivity contribution is 0.807. The van der Waals surface area contributed by atoms with Crippen LogP contribution < -0.4 is 5.73 Å². The normalized spacial score (nSPS) is 10.8. The molecule has 4 heteroatoms. The van der Waals surface area contributed by atoms with E-state index in [0.717, 1.165) is 10.2 Å². The number of nitrogen functional groups attached to an aromatic ring is 1. The first-order chi connectivity index (χ1) is 4.63. The summed E-state index contributed by atoms with van der Waals surface area (Å²) in [5.41, 5.74) is 6.54. The predicted octanol–water partition coefficient (Wildman–Crippen LogP) is 1.88. The molecule has 1 aromatic rings. The number of aromatic nitrogens is 2. The Bertz CT molecular complexity index is 229. The largest absolute Gasteiger partial charge is 0.381 e. The van der Waals surface area contributed by atoms with Gasteiger partial charge in [0.2, 0.25) is 0 Å². The van der Waals surface area contributed by atoms with Gasteiger partial charge in [0.15, 0.2) is 5.82 Å². The van der Waals surface area contributed by atoms with E-state index in [-0.39, 0.29) is 0 Å². The van der Waals surface area contributed by atoms with Crippen LogP contribution in [0.3, 0.4) is 0 Å². The molecule has 1 aromatic heterocycles. The lowest BCUT2D eigenvalue weighted by Crippen LogP contribution is -1.88. The van der Waals surface area contributed by atoms with Crippen LogP contribution in [-0.2, 0) is 0 Å². The molecule has 0 aliphatic rings. The lowest BCUT2D eigenvalue weighted by Gasteiger charge is -1.99. The molecule has 0 aliphatic carbocycles. The third-order valence-corrected chi connectivity index (χ3v) is 2.17. The quantitative estimate of drug-likeness (QED) is 0.733. The number of nitrogens with zero attached hydrogens (tertiary/aromatic N) is 1. The smallest absolute Gasteiger partial charge is 0.159 e. The average Bonchev–Trinajstić information content (AvgIpc) is 2.14. The fourth-order valence-corrected chi connectivity index (χ4v) is 1.37. The Morgan fingerprint density at radius 2 is 2.20 bits per heavy atom. The number of halogens is 1. The van der Waals surface area contributed by atoms with Crippen LogP contribution in [0, 0.1) is 0 Å². The van der Waals surface area contributed by atoms with Crippen LogP contribution in [0.25, 0.3) is 0 Å². The molecular formula is C6H10BrN3. The van der Waals surface area contributed by atoms with Crippen molar-refractivity contribution < 1.29 is 0 Å². The number of hydrogen-bond acceptors (Lipinski definition) is 2. The highest BCUT2D eigenvalue weighted by atomic mass is 79.9. The molecule has 1 heterocycles. The van der Waals surface area contributed by atoms with Crippen LogP contribution >= 0.6 is 15.9 Å². The minimum Gasteiger partial charge on any atom is -0.381 e. The van der Waals surface area contributed by atoms with Crippen molar-refractivity contribution >= 4 is 21.7 Å². The molecule has 0 aliphatic heterocycles. The van der Waals surface area contributed by atoms with Crippen LogP contribution in [0.4, 0.5) is 5.82 Å². The summed E-state index contributed by atoms with van der Waals surface area (Å²) in [6, 6.07) is 0. The van der Waals surface area contributed by atoms with Gasteiger partial charge in [0.05, 0.1) is 10.2 Å². The van der Waals surface area contributed by atoms with Crippen molar-refractivity contribution in [1.82, 2.24) is 10.2 Å². The fourth-order valence-electron chi connectivity index (χ4n) is 0.739. The molecule has 0 spiro atoms. The molecule has 0 saturated carbocycles. The molecule has 0 amide bonds. The van der Waals surface area contributed by atoms with Gasteiger partial charge in [0.1, 0.15) is 0 Å². The van der Waals surface area contributed by atoms with Gasteiger partial charge in [0, 0.05) is 0 Å². The summed E-state index contributed by atoms with van der Waals surface area (Å²) in [5, 5.41) is 6.69. The van der Waals surface area contributed by atoms with Crippen LogP contribution in [0.2, 0.25) is 0 Å². The summed E-state index contributed by atoms with van der Waals surface area (Å²) < 4.78 is 0.891. The Kier molecular flexibility index (Phi) is 1.99. The van der Waals surface area contributed by atoms with Gasteiger partial charge in [-0.25, -0.2) is 0 Å². The molecule has 1 rings (SSSR count). The molecule has 0 unspecified atom stereocenters. The summed E-state index contributed by atoms with van der Waals surface area (Å²) >= 11 is 3.33. The average molecular weight is 204 g/mol. The van der Waals surface area contributed by atoms with Crippen LogP contribution in [0.5, 0.6) is 0 Å². The van der Waals surface area contributed by atoms with Gasteiger partial charge in [0.25, 0.3) is 0 Å². The molecule has 0 aromatic carbocycles. The first-order valence-electron chi connectivity index (χ1n) is 3.12. The van der Waals surface area contributed by atoms with Crippen molar-refractivity contribution in [1.29, 1.82) is 0 Å². The molecule has 0 radical (unpaired) electrons. The van der Waals surface area contributed by atoms with Gasteiger partial charge >= 0.3 is 0 Å². The SMILES string of the molecule is CC(C)c1[nH]nc(N)c1Br. The van der Waals surface area contributed by atoms with E-state index in [4.69, 9.17) is 5.73 Å². The van der Waals surface area contributed by atoms with Crippen LogP contribution in [0.1, 0.15) is 25.5 Å². The summed E-state index contributed by atoms with van der Waals surface area (Å²) in [6.07, 6.45) is 0. The minimum absolute atomic E-state index is 0.430. The number of rotatable bonds is 1. The monoisotopic (exact) mass is 203 g/mol. The number of hydrogen-bond donors (Lipinski definition) is 2. The Morgan fingerprint density at radius 3 is 2.40 bits per heavy atom. The maximum Gasteiger partial charge on any atom is 0.159 e. The molecule has 0 fully saturated rings. The van der Waals surface area contributed by atoms with Gasteiger partial charge < -0.3 is 5.73 Å². The number of H-pyrrole nitrogens is 1. The van der Waals surface area contributed by atoms with E-state index in [2.05, 4.69) is 40.0 Å². The van der Waals surface area contributed by atoms with Gasteiger partial charge in [-0.15, -0.1) is 0 Å². The molecule has 56 valence electrons. The highest BCUT2D eigenvalue weighted by molar-refractivity contribution is 9.10. The molecule has 10 heavy (non-hydrogen) atoms. The maximum atomic E-state index is 5.49. The second kappa shape index (κ2) is 2.62. The number of anilines is 1. The molecule has 0 atom stereocenters. The zero-order valence-electron chi connectivity index (χ0n) is 5.98. The molecule has 0 bridgehead atoms. The highest BCUT2D eigenvalue weighted by Crippen LogP contribution is 2.26. The van der Waals surface area contributed by atoms with Crippen molar-refractivity contribution in [3.63, 3.8) is 0 Å². The first-order valence-corrected chi connectivity index (χ1v) is 3.91. The second-order valence-corrected chi connectivity index (χ2v) is 3.28. The standard InChI is InChI=1S/C6H10BrN3/c1-3(2)5-4(7)6(8)10-9-5/h3H,1-2H3,(H3,8,9,10). The van der Waals surface area contributed by atoms with E-state index >= 15 is 0 Å². The number of nitrogens with one attached hydrogen (secondary N) is 1. The van der Waals surface area contributed by atoms with E-state index in [9.17, 15) is 0 Å². The van der Waals surface area contributed by atoms with Gasteiger partial charge in [-0.2, -0.15) is 5.10 Å². The second-order valence-electron chi connectivity index (χ2n) is 2.49. The zero-order chi connectivity index (χ0) is 7.72. The summed E-state index contributed by atoms with van der Waals surface area (Å²) in [4.78, 5) is 0. The first kappa shape index (κ1) is 7.60. The topological polar surface area (TPSA) is 54.7 Å². The van der Waals surface area contributed by atoms with E-state index in [1.165, 1.54) is 0 Å². The van der Waals surface area contributed by atoms with E-state index in [0.29, 0.717) is 11.7 Å². The van der Waals surface area contributed by atoms with E-state index in [1.807, 2.05) is 0 Å². The van der Waals surface area contributed by atoms with Crippen molar-refractivity contribution in [2.75, 3.05) is 5.73 Å². The molecule has 3 N–H and O–H groups in total. The molecular weight excluding hydrogens is 194 g/mol. The Balaban J connectivity index is 3.05. The highest BCUT2D eigenvalue weighted by Gasteiger charge is 2.09. The lowest BCUT2D eigenvalue weighted by atomic mass is 10.1. The third kappa shape index (κ3) is 1.16. The van der Waals surface area contributed by atoms with E-state index < -0.39 is 0 Å². The predicted molar refractivity (Wildman–Crippen MR) is 44.8 cm³/mol. The molecule has 0 saturated heterocycles. The minimum atomic E-state index is 0.430. The van der Waals surface area contributed by atoms with Gasteiger partial charge in [-0.1, -0.05) is 13.8 Å². The zero-order valence-corrected chi connectivity index (χ0v) is 7.57. The van der Waals surface area contributed by atoms with Gasteiger partial charge in [-0.3, -0.25) is 5.10 Å². The fraction of sp³-hybridized carbons (Fsp3) is 0.500. The Morgan fingerprint density at radius 1 is 1.60 bits per heavy atom. The number of aromatic amines is 1. The maximum absolute atomic E-state index is 5.49. The summed E-state index contributed by atoms with van der Waals surface area (Å²) in [6.45, 7) is 4.16. The van der Waals surface area contributed by atoms with Crippen molar-refractivity contribution in [3.8, 4) is 0 Å². The number of nitrogens with two attached hydrogens (primary N) is 1. The van der Waals surface area contributed by atoms with Crippen LogP contribution in [0.15, 0.2) is 4.47 Å². The Labute approximate surface area is 68.1 Å². The van der Waals surface area contributed by atoms with Crippen molar-refractivity contribution in [2.24, 2.45) is 0 Å². The third-order valence-electron chi connectivity index (χ3n) is 1.34. The summed E-state index contributed by atoms with van der Waals surface area (Å²) in [7, 11) is 0.